The molecule has 0 fully saturated rings. The normalized spacial score (nSPS) is 13.8. The summed E-state index contributed by atoms with van der Waals surface area (Å²) < 4.78 is 68.8. The Labute approximate surface area is 183 Å². The van der Waals surface area contributed by atoms with Gasteiger partial charge >= 0.3 is 16.4 Å². The van der Waals surface area contributed by atoms with Gasteiger partial charge in [-0.25, -0.2) is 4.31 Å². The highest BCUT2D eigenvalue weighted by atomic mass is 32.2. The fourth-order valence-electron chi connectivity index (χ4n) is 2.86. The van der Waals surface area contributed by atoms with Crippen LogP contribution in [-0.2, 0) is 15.0 Å². The number of amides is 1. The quantitative estimate of drug-likeness (QED) is 0.586. The van der Waals surface area contributed by atoms with Crippen LogP contribution in [0, 0.1) is 0 Å². The van der Waals surface area contributed by atoms with E-state index in [9.17, 15) is 31.5 Å². The molecule has 168 valence electrons. The van der Waals surface area contributed by atoms with E-state index in [0.717, 1.165) is 16.4 Å². The van der Waals surface area contributed by atoms with Gasteiger partial charge in [0, 0.05) is 0 Å². The lowest BCUT2D eigenvalue weighted by Gasteiger charge is -2.35. The van der Waals surface area contributed by atoms with E-state index in [4.69, 9.17) is 0 Å². The highest BCUT2D eigenvalue weighted by molar-refractivity contribution is 7.95. The number of hydrogen-bond donors (Lipinski definition) is 1. The van der Waals surface area contributed by atoms with E-state index in [-0.39, 0.29) is 28.3 Å². The largest absolute Gasteiger partial charge is 0.426 e. The molecule has 0 bridgehead atoms. The van der Waals surface area contributed by atoms with Gasteiger partial charge in [-0.05, 0) is 43.3 Å². The molecule has 0 aliphatic rings. The average Bonchev–Trinajstić information content (AvgIpc) is 2.75. The van der Waals surface area contributed by atoms with Gasteiger partial charge in [0.1, 0.15) is 0 Å². The predicted molar refractivity (Wildman–Crippen MR) is 115 cm³/mol. The molecule has 0 aliphatic carbocycles. The van der Waals surface area contributed by atoms with E-state index in [1.54, 1.807) is 36.4 Å². The third kappa shape index (κ3) is 4.32. The number of carbonyl (C=O) groups excluding carboxylic acids is 1. The summed E-state index contributed by atoms with van der Waals surface area (Å²) in [6.45, 7) is 0.218. The number of nitrogens with zero attached hydrogens (tertiary/aromatic N) is 2. The summed E-state index contributed by atoms with van der Waals surface area (Å²) in [5.41, 5.74) is -4.16. The summed E-state index contributed by atoms with van der Waals surface area (Å²) in [6.07, 6.45) is -5.42. The van der Waals surface area contributed by atoms with E-state index < -0.39 is 27.9 Å². The molecule has 3 aromatic rings. The molecular weight excluding hydrogens is 445 g/mol. The van der Waals surface area contributed by atoms with Crippen LogP contribution in [0.15, 0.2) is 91.0 Å². The molecule has 1 amide bonds. The minimum atomic E-state index is -5.42. The molecule has 0 spiro atoms. The number of rotatable bonds is 6. The second kappa shape index (κ2) is 8.64. The summed E-state index contributed by atoms with van der Waals surface area (Å²) in [5, 5.41) is 10.0. The Balaban J connectivity index is 2.27. The zero-order valence-corrected chi connectivity index (χ0v) is 17.6. The topological polar surface area (TPSA) is 77.9 Å². The molecule has 1 unspecified atom stereocenters. The summed E-state index contributed by atoms with van der Waals surface area (Å²) in [5.74, 6) is -2.06. The average molecular weight is 464 g/mol. The Morgan fingerprint density at radius 3 is 1.44 bits per heavy atom. The van der Waals surface area contributed by atoms with Crippen molar-refractivity contribution in [2.75, 3.05) is 8.61 Å². The number of benzene rings is 3. The molecule has 0 aromatic heterocycles. The number of hydrogen-bond acceptors (Lipinski definition) is 4. The Hall–Kier alpha value is -3.37. The van der Waals surface area contributed by atoms with Gasteiger partial charge in [0.15, 0.2) is 0 Å². The predicted octanol–water partition coefficient (Wildman–Crippen LogP) is 4.42. The van der Waals surface area contributed by atoms with Crippen molar-refractivity contribution in [1.29, 1.82) is 0 Å². The monoisotopic (exact) mass is 464 g/mol. The molecule has 3 aromatic carbocycles. The van der Waals surface area contributed by atoms with E-state index in [1.165, 1.54) is 42.5 Å². The molecule has 10 heteroatoms. The van der Waals surface area contributed by atoms with Crippen LogP contribution < -0.4 is 8.61 Å². The minimum absolute atomic E-state index is 0.0273. The van der Waals surface area contributed by atoms with Crippen LogP contribution in [-0.4, -0.2) is 31.2 Å². The van der Waals surface area contributed by atoms with Crippen molar-refractivity contribution in [2.45, 2.75) is 18.7 Å². The fourth-order valence-corrected chi connectivity index (χ4v) is 4.58. The molecule has 0 saturated carbocycles. The smallest absolute Gasteiger partial charge is 0.373 e. The Morgan fingerprint density at radius 2 is 1.09 bits per heavy atom. The molecule has 0 aliphatic heterocycles. The molecule has 32 heavy (non-hydrogen) atoms. The zero-order chi connectivity index (χ0) is 23.6. The molecule has 0 radical (unpaired) electrons. The summed E-state index contributed by atoms with van der Waals surface area (Å²) in [7, 11) is -5.01. The highest BCUT2D eigenvalue weighted by Crippen LogP contribution is 2.37. The van der Waals surface area contributed by atoms with Crippen LogP contribution in [0.25, 0.3) is 0 Å². The Morgan fingerprint density at radius 1 is 0.750 bits per heavy atom. The first-order chi connectivity index (χ1) is 15.0. The molecule has 0 saturated heterocycles. The van der Waals surface area contributed by atoms with E-state index in [0.29, 0.717) is 0 Å². The van der Waals surface area contributed by atoms with Crippen molar-refractivity contribution in [3.05, 3.63) is 91.0 Å². The highest BCUT2D eigenvalue weighted by Gasteiger charge is 2.59. The SMILES string of the molecule is CC(O)(C(=O)N(c1ccccc1)S(=O)(=O)N(c1ccccc1)c1ccccc1)C(F)(F)F. The zero-order valence-electron chi connectivity index (χ0n) is 16.8. The van der Waals surface area contributed by atoms with Crippen LogP contribution in [0.4, 0.5) is 30.2 Å². The molecule has 3 rings (SSSR count). The van der Waals surface area contributed by atoms with Crippen molar-refractivity contribution < 1.29 is 31.5 Å². The lowest BCUT2D eigenvalue weighted by Crippen LogP contribution is -2.59. The maximum atomic E-state index is 13.8. The third-order valence-electron chi connectivity index (χ3n) is 4.59. The summed E-state index contributed by atoms with van der Waals surface area (Å²) >= 11 is 0. The first kappa shape index (κ1) is 23.3. The van der Waals surface area contributed by atoms with Gasteiger partial charge in [-0.3, -0.25) is 4.79 Å². The van der Waals surface area contributed by atoms with Crippen LogP contribution >= 0.6 is 0 Å². The maximum Gasteiger partial charge on any atom is 0.426 e. The van der Waals surface area contributed by atoms with Crippen molar-refractivity contribution in [3.8, 4) is 0 Å². The van der Waals surface area contributed by atoms with E-state index in [2.05, 4.69) is 0 Å². The number of carbonyl (C=O) groups is 1. The van der Waals surface area contributed by atoms with Gasteiger partial charge < -0.3 is 5.11 Å². The first-order valence-corrected chi connectivity index (χ1v) is 10.7. The Kier molecular flexibility index (Phi) is 6.29. The molecule has 1 atom stereocenters. The van der Waals surface area contributed by atoms with Crippen molar-refractivity contribution in [2.24, 2.45) is 0 Å². The van der Waals surface area contributed by atoms with Crippen LogP contribution in [0.5, 0.6) is 0 Å². The second-order valence-corrected chi connectivity index (χ2v) is 8.54. The summed E-state index contributed by atoms with van der Waals surface area (Å²) in [4.78, 5) is 13.0. The molecular formula is C22H19F3N2O4S. The van der Waals surface area contributed by atoms with E-state index >= 15 is 0 Å². The standard InChI is InChI=1S/C22H19F3N2O4S/c1-21(29,22(23,24)25)20(28)27(19-15-9-4-10-16-19)32(30,31)26(17-11-5-2-6-12-17)18-13-7-3-8-14-18/h2-16,29H,1H3. The molecule has 6 nitrogen and oxygen atoms in total. The first-order valence-electron chi connectivity index (χ1n) is 9.32. The van der Waals surface area contributed by atoms with Gasteiger partial charge in [-0.15, -0.1) is 0 Å². The summed E-state index contributed by atoms with van der Waals surface area (Å²) in [6, 6.07) is 21.7. The number of para-hydroxylation sites is 3. The van der Waals surface area contributed by atoms with Gasteiger partial charge in [0.25, 0.3) is 5.91 Å². The van der Waals surface area contributed by atoms with Gasteiger partial charge in [0.05, 0.1) is 17.1 Å². The minimum Gasteiger partial charge on any atom is -0.373 e. The lowest BCUT2D eigenvalue weighted by atomic mass is 10.1. The second-order valence-electron chi connectivity index (χ2n) is 6.92. The van der Waals surface area contributed by atoms with Gasteiger partial charge in [0.2, 0.25) is 5.60 Å². The maximum absolute atomic E-state index is 13.8. The van der Waals surface area contributed by atoms with Crippen LogP contribution in [0.3, 0.4) is 0 Å². The number of halogens is 3. The number of alkyl halides is 3. The van der Waals surface area contributed by atoms with Gasteiger partial charge in [-0.1, -0.05) is 54.6 Å². The fraction of sp³-hybridized carbons (Fsp3) is 0.136. The van der Waals surface area contributed by atoms with Crippen LogP contribution in [0.1, 0.15) is 6.92 Å². The number of aliphatic hydroxyl groups is 1. The lowest BCUT2D eigenvalue weighted by molar-refractivity contribution is -0.243. The molecule has 1 N–H and O–H groups in total. The van der Waals surface area contributed by atoms with Crippen molar-refractivity contribution in [3.63, 3.8) is 0 Å². The Bertz CT molecular complexity index is 1130. The van der Waals surface area contributed by atoms with Crippen LogP contribution in [0.2, 0.25) is 0 Å². The van der Waals surface area contributed by atoms with E-state index in [1.807, 2.05) is 0 Å². The van der Waals surface area contributed by atoms with Crippen molar-refractivity contribution >= 4 is 33.2 Å². The van der Waals surface area contributed by atoms with Crippen molar-refractivity contribution in [1.82, 2.24) is 0 Å². The third-order valence-corrected chi connectivity index (χ3v) is 6.31. The number of anilines is 3. The molecule has 0 heterocycles. The van der Waals surface area contributed by atoms with Gasteiger partial charge in [-0.2, -0.15) is 25.9 Å².